The van der Waals surface area contributed by atoms with Crippen molar-refractivity contribution in [2.24, 2.45) is 5.73 Å². The Hall–Kier alpha value is -3.32. The van der Waals surface area contributed by atoms with Crippen molar-refractivity contribution in [2.75, 3.05) is 11.1 Å². The molecule has 5 N–H and O–H groups in total. The van der Waals surface area contributed by atoms with Gasteiger partial charge in [0, 0.05) is 17.6 Å². The van der Waals surface area contributed by atoms with Gasteiger partial charge >= 0.3 is 6.18 Å². The number of amides is 1. The second-order valence-electron chi connectivity index (χ2n) is 8.05. The average molecular weight is 513 g/mol. The summed E-state index contributed by atoms with van der Waals surface area (Å²) in [5.74, 6) is -3.54. The Morgan fingerprint density at radius 3 is 2.43 bits per heavy atom. The van der Waals surface area contributed by atoms with Gasteiger partial charge in [0.2, 0.25) is 5.06 Å². The predicted octanol–water partition coefficient (Wildman–Crippen LogP) is 4.99. The highest BCUT2D eigenvalue weighted by Crippen LogP contribution is 2.40. The van der Waals surface area contributed by atoms with Gasteiger partial charge in [0.15, 0.2) is 5.69 Å². The van der Waals surface area contributed by atoms with Gasteiger partial charge in [0.05, 0.1) is 34.8 Å². The molecule has 186 valence electrons. The van der Waals surface area contributed by atoms with Crippen LogP contribution < -0.4 is 21.5 Å². The standard InChI is InChI=1S/C22H20F5N5O2S/c23-13-2-1-3-14(24)17(13)18-12(22(25,26)27)8-15(29)19(32-18)20(33)31-16-9-30-35-21(16)34-11-6-4-10(28)5-7-11/h1-3,8-11H,4-7,28-29H2,(H,31,33)/t10-,11-. The van der Waals surface area contributed by atoms with Crippen LogP contribution >= 0.6 is 11.5 Å². The zero-order chi connectivity index (χ0) is 25.3. The molecule has 1 amide bonds. The molecule has 0 spiro atoms. The molecule has 0 aliphatic heterocycles. The molecule has 13 heteroatoms. The zero-order valence-electron chi connectivity index (χ0n) is 18.0. The number of alkyl halides is 3. The number of nitrogens with zero attached hydrogens (tertiary/aromatic N) is 2. The van der Waals surface area contributed by atoms with Gasteiger partial charge < -0.3 is 21.5 Å². The molecule has 1 aromatic carbocycles. The van der Waals surface area contributed by atoms with Gasteiger partial charge in [-0.15, -0.1) is 0 Å². The predicted molar refractivity (Wildman–Crippen MR) is 120 cm³/mol. The Morgan fingerprint density at radius 1 is 1.14 bits per heavy atom. The second-order valence-corrected chi connectivity index (χ2v) is 8.82. The molecular formula is C22H20F5N5O2S. The summed E-state index contributed by atoms with van der Waals surface area (Å²) in [7, 11) is 0. The van der Waals surface area contributed by atoms with E-state index in [0.29, 0.717) is 11.1 Å². The quantitative estimate of drug-likeness (QED) is 0.414. The molecule has 35 heavy (non-hydrogen) atoms. The van der Waals surface area contributed by atoms with E-state index in [-0.39, 0.29) is 17.8 Å². The molecule has 2 heterocycles. The highest BCUT2D eigenvalue weighted by atomic mass is 32.1. The van der Waals surface area contributed by atoms with Gasteiger partial charge in [-0.05, 0) is 43.9 Å². The van der Waals surface area contributed by atoms with Crippen LogP contribution in [0.1, 0.15) is 41.7 Å². The molecule has 3 aromatic rings. The van der Waals surface area contributed by atoms with E-state index in [4.69, 9.17) is 16.2 Å². The van der Waals surface area contributed by atoms with Crippen molar-refractivity contribution in [3.63, 3.8) is 0 Å². The second kappa shape index (κ2) is 9.74. The number of nitrogen functional groups attached to an aromatic ring is 1. The van der Waals surface area contributed by atoms with Gasteiger partial charge in [-0.25, -0.2) is 13.8 Å². The van der Waals surface area contributed by atoms with Crippen molar-refractivity contribution in [3.05, 3.63) is 53.4 Å². The Morgan fingerprint density at radius 2 is 1.80 bits per heavy atom. The summed E-state index contributed by atoms with van der Waals surface area (Å²) >= 11 is 0.977. The lowest BCUT2D eigenvalue weighted by atomic mass is 9.94. The minimum absolute atomic E-state index is 0.109. The van der Waals surface area contributed by atoms with Crippen LogP contribution in [0.3, 0.4) is 0 Å². The largest absolute Gasteiger partial charge is 0.478 e. The van der Waals surface area contributed by atoms with Gasteiger partial charge in [-0.2, -0.15) is 17.5 Å². The number of hydrogen-bond donors (Lipinski definition) is 3. The van der Waals surface area contributed by atoms with Gasteiger partial charge in [-0.3, -0.25) is 4.79 Å². The molecule has 1 saturated carbocycles. The summed E-state index contributed by atoms with van der Waals surface area (Å²) < 4.78 is 79.5. The minimum atomic E-state index is -5.04. The Balaban J connectivity index is 1.66. The monoisotopic (exact) mass is 513 g/mol. The maximum atomic E-state index is 14.3. The maximum absolute atomic E-state index is 14.3. The number of nitrogens with two attached hydrogens (primary N) is 2. The van der Waals surface area contributed by atoms with Crippen LogP contribution in [-0.2, 0) is 6.18 Å². The summed E-state index contributed by atoms with van der Waals surface area (Å²) in [5.41, 5.74) is 6.90. The summed E-state index contributed by atoms with van der Waals surface area (Å²) in [5, 5.41) is 2.76. The summed E-state index contributed by atoms with van der Waals surface area (Å²) in [4.78, 5) is 16.6. The lowest BCUT2D eigenvalue weighted by molar-refractivity contribution is -0.137. The van der Waals surface area contributed by atoms with Crippen LogP contribution in [0.2, 0.25) is 0 Å². The van der Waals surface area contributed by atoms with Gasteiger partial charge in [0.25, 0.3) is 5.91 Å². The zero-order valence-corrected chi connectivity index (χ0v) is 18.9. The number of pyridine rings is 1. The number of carbonyl (C=O) groups excluding carboxylic acids is 1. The molecule has 1 aliphatic rings. The Bertz CT molecular complexity index is 1220. The van der Waals surface area contributed by atoms with Crippen LogP contribution in [0.25, 0.3) is 11.3 Å². The van der Waals surface area contributed by atoms with E-state index >= 15 is 0 Å². The van der Waals surface area contributed by atoms with Crippen LogP contribution in [0.15, 0.2) is 30.5 Å². The van der Waals surface area contributed by atoms with Crippen LogP contribution in [0.4, 0.5) is 33.3 Å². The van der Waals surface area contributed by atoms with Crippen LogP contribution in [0.5, 0.6) is 5.06 Å². The number of ether oxygens (including phenoxy) is 1. The highest BCUT2D eigenvalue weighted by molar-refractivity contribution is 7.08. The van der Waals surface area contributed by atoms with E-state index in [1.54, 1.807) is 0 Å². The Kier molecular flexibility index (Phi) is 6.90. The van der Waals surface area contributed by atoms with Crippen LogP contribution in [0, 0.1) is 11.6 Å². The van der Waals surface area contributed by atoms with Crippen LogP contribution in [-0.4, -0.2) is 27.4 Å². The molecule has 0 atom stereocenters. The van der Waals surface area contributed by atoms with E-state index in [9.17, 15) is 26.7 Å². The average Bonchev–Trinajstić information content (AvgIpc) is 3.21. The third-order valence-electron chi connectivity index (χ3n) is 5.55. The minimum Gasteiger partial charge on any atom is -0.478 e. The molecule has 1 fully saturated rings. The first-order valence-electron chi connectivity index (χ1n) is 10.5. The topological polar surface area (TPSA) is 116 Å². The van der Waals surface area contributed by atoms with E-state index in [0.717, 1.165) is 55.4 Å². The number of rotatable bonds is 5. The van der Waals surface area contributed by atoms with Crippen molar-refractivity contribution in [3.8, 4) is 16.3 Å². The van der Waals surface area contributed by atoms with E-state index in [1.165, 1.54) is 6.20 Å². The van der Waals surface area contributed by atoms with E-state index in [1.807, 2.05) is 0 Å². The molecule has 4 rings (SSSR count). The fourth-order valence-electron chi connectivity index (χ4n) is 3.78. The third-order valence-corrected chi connectivity index (χ3v) is 6.24. The summed E-state index contributed by atoms with van der Waals surface area (Å²) in [6.45, 7) is 0. The smallest absolute Gasteiger partial charge is 0.418 e. The first-order chi connectivity index (χ1) is 16.5. The molecule has 1 aliphatic carbocycles. The summed E-state index contributed by atoms with van der Waals surface area (Å²) in [6.07, 6.45) is -0.852. The fraction of sp³-hybridized carbons (Fsp3) is 0.318. The fourth-order valence-corrected chi connectivity index (χ4v) is 4.41. The van der Waals surface area contributed by atoms with E-state index < -0.39 is 51.9 Å². The number of anilines is 2. The Labute approximate surface area is 200 Å². The number of aromatic nitrogens is 2. The number of hydrogen-bond acceptors (Lipinski definition) is 7. The molecule has 0 unspecified atom stereocenters. The SMILES string of the molecule is Nc1cc(C(F)(F)F)c(-c2c(F)cccc2F)nc1C(=O)Nc1cnsc1O[C@H]1CC[C@H](N)CC1. The van der Waals surface area contributed by atoms with Crippen molar-refractivity contribution in [1.82, 2.24) is 9.36 Å². The van der Waals surface area contributed by atoms with Gasteiger partial charge in [0.1, 0.15) is 17.3 Å². The molecule has 0 radical (unpaired) electrons. The number of nitrogens with one attached hydrogen (secondary N) is 1. The lowest BCUT2D eigenvalue weighted by Gasteiger charge is -2.26. The van der Waals surface area contributed by atoms with Crippen molar-refractivity contribution in [1.29, 1.82) is 0 Å². The number of benzene rings is 1. The lowest BCUT2D eigenvalue weighted by Crippen LogP contribution is -2.31. The van der Waals surface area contributed by atoms with Gasteiger partial charge in [-0.1, -0.05) is 6.07 Å². The summed E-state index contributed by atoms with van der Waals surface area (Å²) in [6, 6.07) is 3.11. The normalized spacial score (nSPS) is 18.3. The third kappa shape index (κ3) is 5.35. The highest BCUT2D eigenvalue weighted by Gasteiger charge is 2.37. The van der Waals surface area contributed by atoms with Crippen molar-refractivity contribution in [2.45, 2.75) is 44.0 Å². The molecule has 2 aromatic heterocycles. The molecule has 7 nitrogen and oxygen atoms in total. The van der Waals surface area contributed by atoms with E-state index in [2.05, 4.69) is 14.7 Å². The first kappa shape index (κ1) is 24.8. The van der Waals surface area contributed by atoms with Crippen molar-refractivity contribution >= 4 is 28.8 Å². The molecule has 0 bridgehead atoms. The van der Waals surface area contributed by atoms with Crippen molar-refractivity contribution < 1.29 is 31.5 Å². The molecule has 0 saturated heterocycles. The maximum Gasteiger partial charge on any atom is 0.418 e. The first-order valence-corrected chi connectivity index (χ1v) is 11.3. The molecular weight excluding hydrogens is 493 g/mol. The number of halogens is 5. The number of carbonyl (C=O) groups is 1.